The Bertz CT molecular complexity index is 102. The summed E-state index contributed by atoms with van der Waals surface area (Å²) in [6.07, 6.45) is 0. The van der Waals surface area contributed by atoms with E-state index in [1.807, 2.05) is 0 Å². The second-order valence-electron chi connectivity index (χ2n) is 1.41. The molecule has 0 saturated carbocycles. The van der Waals surface area contributed by atoms with E-state index in [2.05, 4.69) is 17.0 Å². The second kappa shape index (κ2) is 8.75. The first-order valence-corrected chi connectivity index (χ1v) is 5.39. The Morgan fingerprint density at radius 1 is 1.60 bits per heavy atom. The molecule has 0 N–H and O–H groups in total. The number of nitrogens with zero attached hydrogens (tertiary/aromatic N) is 1. The Balaban J connectivity index is 0. The van der Waals surface area contributed by atoms with Crippen molar-refractivity contribution in [3.63, 3.8) is 0 Å². The molecule has 0 aliphatic heterocycles. The van der Waals surface area contributed by atoms with Crippen LogP contribution in [0.2, 0.25) is 0 Å². The molecule has 0 fully saturated rings. The number of hydrogen-bond donors (Lipinski definition) is 0. The van der Waals surface area contributed by atoms with Crippen LogP contribution in [0.25, 0.3) is 0 Å². The third-order valence-corrected chi connectivity index (χ3v) is 4.29. The number of thiocarbonyl (C=S) groups is 1. The van der Waals surface area contributed by atoms with E-state index in [1.54, 1.807) is 34.3 Å². The van der Waals surface area contributed by atoms with Crippen molar-refractivity contribution in [2.75, 3.05) is 12.3 Å². The number of thioether (sulfide) groups is 1. The molecule has 0 rings (SSSR count). The van der Waals surface area contributed by atoms with Gasteiger partial charge in [-0.1, -0.05) is 0 Å². The molecule has 10 heavy (non-hydrogen) atoms. The maximum atomic E-state index is 5.08. The molecule has 0 unspecified atom stereocenters. The van der Waals surface area contributed by atoms with Crippen LogP contribution >= 0.6 is 24.0 Å². The Kier molecular flexibility index (Phi) is 12.4. The van der Waals surface area contributed by atoms with Crippen LogP contribution in [-0.2, 0) is 19.5 Å². The van der Waals surface area contributed by atoms with Gasteiger partial charge in [0.15, 0.2) is 0 Å². The molecule has 0 radical (unpaired) electrons. The SMILES string of the molecule is CCSC(=S)N([TeH])CC.[Zn]. The predicted octanol–water partition coefficient (Wildman–Crippen LogP) is 1.16. The van der Waals surface area contributed by atoms with Gasteiger partial charge in [-0.25, -0.2) is 0 Å². The zero-order chi connectivity index (χ0) is 7.28. The fraction of sp³-hybridized carbons (Fsp3) is 0.800. The van der Waals surface area contributed by atoms with Gasteiger partial charge in [0.1, 0.15) is 0 Å². The third kappa shape index (κ3) is 6.37. The molecule has 0 amide bonds. The van der Waals surface area contributed by atoms with Crippen LogP contribution in [0.1, 0.15) is 13.8 Å². The maximum Gasteiger partial charge on any atom is 0 e. The second-order valence-corrected chi connectivity index (χ2v) is 4.69. The summed E-state index contributed by atoms with van der Waals surface area (Å²) < 4.78 is 3.15. The van der Waals surface area contributed by atoms with Crippen molar-refractivity contribution in [3.05, 3.63) is 0 Å². The molecule has 0 atom stereocenters. The minimum absolute atomic E-state index is 0. The zero-order valence-corrected chi connectivity index (χ0v) is 13.5. The topological polar surface area (TPSA) is 3.24 Å². The van der Waals surface area contributed by atoms with E-state index in [0.717, 1.165) is 16.6 Å². The van der Waals surface area contributed by atoms with Crippen LogP contribution in [0.15, 0.2) is 0 Å². The first-order chi connectivity index (χ1) is 4.22. The van der Waals surface area contributed by atoms with E-state index in [4.69, 9.17) is 12.2 Å². The molecule has 0 spiro atoms. The number of hydrogen-bond acceptors (Lipinski definition) is 2. The molecular formula is C5H11NS2TeZn. The molecular weight excluding hydrogens is 331 g/mol. The van der Waals surface area contributed by atoms with Gasteiger partial charge >= 0.3 is 80.2 Å². The van der Waals surface area contributed by atoms with Gasteiger partial charge in [-0.3, -0.25) is 0 Å². The fourth-order valence-corrected chi connectivity index (χ4v) is 1.83. The van der Waals surface area contributed by atoms with Crippen molar-refractivity contribution in [1.82, 2.24) is 3.15 Å². The maximum absolute atomic E-state index is 5.08. The molecule has 0 aliphatic carbocycles. The summed E-state index contributed by atoms with van der Waals surface area (Å²) in [5.41, 5.74) is 0. The molecule has 0 aromatic carbocycles. The molecule has 0 saturated heterocycles. The zero-order valence-electron chi connectivity index (χ0n) is 6.33. The molecule has 5 heteroatoms. The Labute approximate surface area is 98.7 Å². The van der Waals surface area contributed by atoms with Crippen molar-refractivity contribution >= 4 is 50.9 Å². The van der Waals surface area contributed by atoms with E-state index < -0.39 is 0 Å². The minimum atomic E-state index is 0. The summed E-state index contributed by atoms with van der Waals surface area (Å²) in [7, 11) is 0. The normalized spacial score (nSPS) is 8.30. The Hall–Kier alpha value is 1.65. The van der Waals surface area contributed by atoms with Crippen LogP contribution in [0.5, 0.6) is 0 Å². The van der Waals surface area contributed by atoms with Gasteiger partial charge in [0.05, 0.1) is 0 Å². The molecule has 1 nitrogen and oxygen atoms in total. The molecule has 0 aromatic rings. The van der Waals surface area contributed by atoms with Gasteiger partial charge in [-0.05, 0) is 0 Å². The summed E-state index contributed by atoms with van der Waals surface area (Å²) in [6.45, 7) is 5.26. The van der Waals surface area contributed by atoms with E-state index in [0.29, 0.717) is 0 Å². The van der Waals surface area contributed by atoms with Crippen molar-refractivity contribution in [3.8, 4) is 0 Å². The average Bonchev–Trinajstić information content (AvgIpc) is 1.87. The van der Waals surface area contributed by atoms with Crippen LogP contribution in [-0.4, -0.2) is 42.3 Å². The fourth-order valence-electron chi connectivity index (χ4n) is 0.327. The van der Waals surface area contributed by atoms with Crippen molar-refractivity contribution in [2.24, 2.45) is 0 Å². The standard InChI is InChI=1S/C5H11NS2Te.Zn/c1-3-6(9)5(7)8-4-2;/h9H,3-4H2,1-2H3;. The van der Waals surface area contributed by atoms with Crippen LogP contribution in [0.3, 0.4) is 0 Å². The summed E-state index contributed by atoms with van der Waals surface area (Å²) in [6, 6.07) is 0. The Morgan fingerprint density at radius 3 is 2.40 bits per heavy atom. The van der Waals surface area contributed by atoms with Crippen LogP contribution in [0, 0.1) is 0 Å². The third-order valence-electron chi connectivity index (χ3n) is 0.778. The van der Waals surface area contributed by atoms with E-state index in [-0.39, 0.29) is 19.5 Å². The van der Waals surface area contributed by atoms with E-state index in [1.165, 1.54) is 0 Å². The first-order valence-electron chi connectivity index (χ1n) is 2.85. The largest absolute Gasteiger partial charge is 0 e. The summed E-state index contributed by atoms with van der Waals surface area (Å²) in [5.74, 6) is 1.08. The Morgan fingerprint density at radius 2 is 2.10 bits per heavy atom. The molecule has 0 aliphatic rings. The summed E-state index contributed by atoms with van der Waals surface area (Å²) >= 11 is 8.48. The van der Waals surface area contributed by atoms with E-state index in [9.17, 15) is 0 Å². The smallest absolute Gasteiger partial charge is 0 e. The molecule has 0 aromatic heterocycles. The molecule has 0 bridgehead atoms. The summed E-state index contributed by atoms with van der Waals surface area (Å²) in [5, 5.41) is 0. The molecule has 0 heterocycles. The first kappa shape index (κ1) is 14.2. The monoisotopic (exact) mass is 343 g/mol. The van der Waals surface area contributed by atoms with Gasteiger partial charge in [0.2, 0.25) is 0 Å². The van der Waals surface area contributed by atoms with Crippen molar-refractivity contribution in [2.45, 2.75) is 13.8 Å². The van der Waals surface area contributed by atoms with E-state index >= 15 is 0 Å². The predicted molar refractivity (Wildman–Crippen MR) is 50.3 cm³/mol. The van der Waals surface area contributed by atoms with Crippen LogP contribution < -0.4 is 0 Å². The van der Waals surface area contributed by atoms with Gasteiger partial charge in [0.25, 0.3) is 0 Å². The van der Waals surface area contributed by atoms with Gasteiger partial charge < -0.3 is 0 Å². The van der Waals surface area contributed by atoms with Gasteiger partial charge in [-0.15, -0.1) is 0 Å². The van der Waals surface area contributed by atoms with Crippen molar-refractivity contribution in [1.29, 1.82) is 0 Å². The average molecular weight is 342 g/mol. The van der Waals surface area contributed by atoms with Gasteiger partial charge in [0, 0.05) is 19.5 Å². The number of rotatable bonds is 2. The van der Waals surface area contributed by atoms with Gasteiger partial charge in [-0.2, -0.15) is 0 Å². The quantitative estimate of drug-likeness (QED) is 0.548. The minimum Gasteiger partial charge on any atom is 0 e. The van der Waals surface area contributed by atoms with Crippen LogP contribution in [0.4, 0.5) is 0 Å². The van der Waals surface area contributed by atoms with Crippen molar-refractivity contribution < 1.29 is 19.5 Å². The summed E-state index contributed by atoms with van der Waals surface area (Å²) in [4.78, 5) is 0. The molecule has 56 valence electrons.